The number of H-pyrrole nitrogens is 1. The van der Waals surface area contributed by atoms with E-state index in [9.17, 15) is 14.4 Å². The number of carbonyl (C=O) groups excluding carboxylic acids is 1. The summed E-state index contributed by atoms with van der Waals surface area (Å²) < 4.78 is 0. The van der Waals surface area contributed by atoms with Gasteiger partial charge in [-0.2, -0.15) is 0 Å². The SMILES string of the molecule is CCc1cc(C(=O)O)c(NC(=O)c2cccc(=O)[nH]2)s1. The standard InChI is InChI=1S/C13H12N2O4S/c1-2-7-6-8(13(18)19)12(20-7)15-11(17)9-4-3-5-10(16)14-9/h3-6H,2H2,1H3,(H,14,16)(H,15,17)(H,18,19). The first-order valence-electron chi connectivity index (χ1n) is 5.88. The van der Waals surface area contributed by atoms with Crippen molar-refractivity contribution in [2.45, 2.75) is 13.3 Å². The van der Waals surface area contributed by atoms with Gasteiger partial charge in [0, 0.05) is 10.9 Å². The van der Waals surface area contributed by atoms with Crippen molar-refractivity contribution in [2.24, 2.45) is 0 Å². The van der Waals surface area contributed by atoms with Crippen LogP contribution in [0.25, 0.3) is 0 Å². The monoisotopic (exact) mass is 292 g/mol. The van der Waals surface area contributed by atoms with Gasteiger partial charge in [0.05, 0.1) is 5.56 Å². The third-order valence-electron chi connectivity index (χ3n) is 2.60. The van der Waals surface area contributed by atoms with Gasteiger partial charge in [-0.3, -0.25) is 9.59 Å². The molecule has 104 valence electrons. The summed E-state index contributed by atoms with van der Waals surface area (Å²) in [7, 11) is 0. The third kappa shape index (κ3) is 2.94. The maximum Gasteiger partial charge on any atom is 0.338 e. The minimum absolute atomic E-state index is 0.0541. The van der Waals surface area contributed by atoms with Crippen LogP contribution in [-0.4, -0.2) is 22.0 Å². The lowest BCUT2D eigenvalue weighted by atomic mass is 10.2. The Balaban J connectivity index is 2.30. The maximum atomic E-state index is 12.0. The molecule has 0 atom stereocenters. The number of pyridine rings is 1. The highest BCUT2D eigenvalue weighted by Gasteiger charge is 2.17. The van der Waals surface area contributed by atoms with Gasteiger partial charge in [-0.15, -0.1) is 11.3 Å². The number of carboxylic acids is 1. The summed E-state index contributed by atoms with van der Waals surface area (Å²) >= 11 is 1.21. The molecule has 2 heterocycles. The molecule has 0 unspecified atom stereocenters. The minimum atomic E-state index is -1.10. The fourth-order valence-corrected chi connectivity index (χ4v) is 2.60. The van der Waals surface area contributed by atoms with E-state index in [1.165, 1.54) is 35.6 Å². The number of hydrogen-bond acceptors (Lipinski definition) is 4. The van der Waals surface area contributed by atoms with Gasteiger partial charge in [-0.1, -0.05) is 13.0 Å². The lowest BCUT2D eigenvalue weighted by molar-refractivity contribution is 0.0698. The van der Waals surface area contributed by atoms with Crippen molar-refractivity contribution < 1.29 is 14.7 Å². The van der Waals surface area contributed by atoms with Crippen LogP contribution in [0.1, 0.15) is 32.6 Å². The average molecular weight is 292 g/mol. The molecule has 0 aliphatic rings. The zero-order valence-corrected chi connectivity index (χ0v) is 11.4. The van der Waals surface area contributed by atoms with Crippen LogP contribution in [0.5, 0.6) is 0 Å². The van der Waals surface area contributed by atoms with Crippen LogP contribution in [0.4, 0.5) is 5.00 Å². The van der Waals surface area contributed by atoms with Crippen molar-refractivity contribution in [3.05, 3.63) is 50.8 Å². The van der Waals surface area contributed by atoms with E-state index in [0.29, 0.717) is 6.42 Å². The molecule has 0 saturated heterocycles. The quantitative estimate of drug-likeness (QED) is 0.802. The molecule has 0 aromatic carbocycles. The summed E-state index contributed by atoms with van der Waals surface area (Å²) in [5, 5.41) is 11.9. The van der Waals surface area contributed by atoms with Crippen LogP contribution in [-0.2, 0) is 6.42 Å². The Morgan fingerprint density at radius 3 is 2.75 bits per heavy atom. The first-order chi connectivity index (χ1) is 9.51. The zero-order chi connectivity index (χ0) is 14.7. The molecule has 0 fully saturated rings. The maximum absolute atomic E-state index is 12.0. The second-order valence-electron chi connectivity index (χ2n) is 4.00. The number of nitrogens with one attached hydrogen (secondary N) is 2. The molecular formula is C13H12N2O4S. The van der Waals surface area contributed by atoms with Gasteiger partial charge in [0.25, 0.3) is 5.91 Å². The van der Waals surface area contributed by atoms with Crippen molar-refractivity contribution in [1.82, 2.24) is 4.98 Å². The van der Waals surface area contributed by atoms with Gasteiger partial charge in [0.1, 0.15) is 10.7 Å². The van der Waals surface area contributed by atoms with Crippen LogP contribution in [0.2, 0.25) is 0 Å². The average Bonchev–Trinajstić information content (AvgIpc) is 2.82. The number of rotatable bonds is 4. The minimum Gasteiger partial charge on any atom is -0.478 e. The molecule has 7 heteroatoms. The molecular weight excluding hydrogens is 280 g/mol. The first-order valence-corrected chi connectivity index (χ1v) is 6.69. The van der Waals surface area contributed by atoms with Crippen molar-refractivity contribution in [1.29, 1.82) is 0 Å². The molecule has 2 aromatic heterocycles. The number of aromatic amines is 1. The number of thiophene rings is 1. The highest BCUT2D eigenvalue weighted by molar-refractivity contribution is 7.16. The highest BCUT2D eigenvalue weighted by atomic mass is 32.1. The summed E-state index contributed by atoms with van der Waals surface area (Å²) in [4.78, 5) is 37.5. The van der Waals surface area contributed by atoms with Gasteiger partial charge in [-0.05, 0) is 18.6 Å². The predicted octanol–water partition coefficient (Wildman–Crippen LogP) is 1.95. The van der Waals surface area contributed by atoms with E-state index in [4.69, 9.17) is 5.11 Å². The number of aryl methyl sites for hydroxylation is 1. The lowest BCUT2D eigenvalue weighted by Crippen LogP contribution is -2.18. The molecule has 6 nitrogen and oxygen atoms in total. The molecule has 1 amide bonds. The largest absolute Gasteiger partial charge is 0.478 e. The van der Waals surface area contributed by atoms with Gasteiger partial charge in [0.2, 0.25) is 5.56 Å². The third-order valence-corrected chi connectivity index (χ3v) is 3.80. The Labute approximate surface area is 118 Å². The van der Waals surface area contributed by atoms with Crippen LogP contribution in [0, 0.1) is 0 Å². The molecule has 0 saturated carbocycles. The Morgan fingerprint density at radius 1 is 1.40 bits per heavy atom. The summed E-state index contributed by atoms with van der Waals surface area (Å²) in [5.74, 6) is -1.65. The topological polar surface area (TPSA) is 99.3 Å². The molecule has 3 N–H and O–H groups in total. The van der Waals surface area contributed by atoms with Gasteiger partial charge < -0.3 is 15.4 Å². The first kappa shape index (κ1) is 14.0. The van der Waals surface area contributed by atoms with E-state index in [1.807, 2.05) is 6.92 Å². The molecule has 2 aromatic rings. The predicted molar refractivity (Wildman–Crippen MR) is 75.7 cm³/mol. The van der Waals surface area contributed by atoms with Gasteiger partial charge in [0.15, 0.2) is 0 Å². The summed E-state index contributed by atoms with van der Waals surface area (Å²) in [6, 6.07) is 5.74. The zero-order valence-electron chi connectivity index (χ0n) is 10.6. The number of hydrogen-bond donors (Lipinski definition) is 3. The van der Waals surface area contributed by atoms with E-state index in [1.54, 1.807) is 0 Å². The second kappa shape index (κ2) is 5.70. The lowest BCUT2D eigenvalue weighted by Gasteiger charge is -2.03. The normalized spacial score (nSPS) is 10.2. The van der Waals surface area contributed by atoms with Crippen molar-refractivity contribution in [3.63, 3.8) is 0 Å². The van der Waals surface area contributed by atoms with E-state index in [2.05, 4.69) is 10.3 Å². The highest BCUT2D eigenvalue weighted by Crippen LogP contribution is 2.28. The molecule has 0 spiro atoms. The van der Waals surface area contributed by atoms with E-state index in [0.717, 1.165) is 4.88 Å². The summed E-state index contributed by atoms with van der Waals surface area (Å²) in [6.45, 7) is 1.90. The van der Waals surface area contributed by atoms with Crippen LogP contribution >= 0.6 is 11.3 Å². The summed E-state index contributed by atoms with van der Waals surface area (Å²) in [6.07, 6.45) is 0.684. The molecule has 0 bridgehead atoms. The second-order valence-corrected chi connectivity index (χ2v) is 5.13. The Hall–Kier alpha value is -2.41. The smallest absolute Gasteiger partial charge is 0.338 e. The van der Waals surface area contributed by atoms with Gasteiger partial charge >= 0.3 is 5.97 Å². The number of carboxylic acid groups (broad SMARTS) is 1. The van der Waals surface area contributed by atoms with E-state index in [-0.39, 0.29) is 16.3 Å². The van der Waals surface area contributed by atoms with Gasteiger partial charge in [-0.25, -0.2) is 4.79 Å². The molecule has 20 heavy (non-hydrogen) atoms. The van der Waals surface area contributed by atoms with Crippen molar-refractivity contribution >= 4 is 28.2 Å². The molecule has 0 aliphatic carbocycles. The number of anilines is 1. The number of amides is 1. The van der Waals surface area contributed by atoms with Crippen LogP contribution < -0.4 is 10.9 Å². The van der Waals surface area contributed by atoms with Crippen LogP contribution in [0.15, 0.2) is 29.1 Å². The van der Waals surface area contributed by atoms with Crippen LogP contribution in [0.3, 0.4) is 0 Å². The summed E-state index contributed by atoms with van der Waals surface area (Å²) in [5.41, 5.74) is -0.254. The Bertz CT molecular complexity index is 717. The fraction of sp³-hybridized carbons (Fsp3) is 0.154. The number of carbonyl (C=O) groups is 2. The number of aromatic nitrogens is 1. The Kier molecular flexibility index (Phi) is 3.99. The van der Waals surface area contributed by atoms with Crippen molar-refractivity contribution in [3.8, 4) is 0 Å². The number of aromatic carboxylic acids is 1. The Morgan fingerprint density at radius 2 is 2.15 bits per heavy atom. The molecule has 0 aliphatic heterocycles. The van der Waals surface area contributed by atoms with E-state index < -0.39 is 17.4 Å². The molecule has 2 rings (SSSR count). The van der Waals surface area contributed by atoms with Crippen molar-refractivity contribution in [2.75, 3.05) is 5.32 Å². The van der Waals surface area contributed by atoms with E-state index >= 15 is 0 Å². The fourth-order valence-electron chi connectivity index (χ4n) is 1.62. The molecule has 0 radical (unpaired) electrons.